The zero-order chi connectivity index (χ0) is 19.3. The molecule has 10 heteroatoms. The van der Waals surface area contributed by atoms with Gasteiger partial charge in [-0.1, -0.05) is 6.07 Å². The first kappa shape index (κ1) is 21.1. The number of hydrogen-bond acceptors (Lipinski definition) is 8. The van der Waals surface area contributed by atoms with Crippen molar-refractivity contribution >= 4 is 23.5 Å². The van der Waals surface area contributed by atoms with Crippen LogP contribution in [0.2, 0.25) is 0 Å². The minimum atomic E-state index is -0.446. The van der Waals surface area contributed by atoms with E-state index in [4.69, 9.17) is 0 Å². The van der Waals surface area contributed by atoms with Crippen LogP contribution in [0.3, 0.4) is 0 Å². The van der Waals surface area contributed by atoms with Gasteiger partial charge in [-0.2, -0.15) is 11.8 Å². The van der Waals surface area contributed by atoms with Gasteiger partial charge in [-0.3, -0.25) is 10.1 Å². The molecule has 0 bridgehead atoms. The molecule has 0 aliphatic heterocycles. The summed E-state index contributed by atoms with van der Waals surface area (Å²) in [5.41, 5.74) is 2.12. The van der Waals surface area contributed by atoms with Crippen LogP contribution in [-0.4, -0.2) is 44.5 Å². The minimum Gasteiger partial charge on any atom is -0.367 e. The van der Waals surface area contributed by atoms with E-state index in [2.05, 4.69) is 25.6 Å². The molecule has 0 atom stereocenters. The zero-order valence-electron chi connectivity index (χ0n) is 15.2. The molecule has 0 fully saturated rings. The number of H-pyrrole nitrogens is 1. The molecule has 2 aromatic rings. The Hall–Kier alpha value is -2.20. The lowest BCUT2D eigenvalue weighted by Gasteiger charge is -2.11. The van der Waals surface area contributed by atoms with E-state index in [1.165, 1.54) is 0 Å². The lowest BCUT2D eigenvalue weighted by Crippen LogP contribution is -2.29. The molecule has 2 aromatic heterocycles. The van der Waals surface area contributed by atoms with Crippen LogP contribution in [0.15, 0.2) is 47.8 Å². The predicted molar refractivity (Wildman–Crippen MR) is 110 cm³/mol. The van der Waals surface area contributed by atoms with Gasteiger partial charge in [0.25, 0.3) is 6.20 Å². The molecule has 0 saturated carbocycles. The van der Waals surface area contributed by atoms with Gasteiger partial charge in [0.2, 0.25) is 0 Å². The molecule has 0 unspecified atom stereocenters. The van der Waals surface area contributed by atoms with E-state index >= 15 is 0 Å². The van der Waals surface area contributed by atoms with Gasteiger partial charge in [-0.05, 0) is 25.5 Å². The van der Waals surface area contributed by atoms with Crippen molar-refractivity contribution in [1.82, 2.24) is 25.6 Å². The van der Waals surface area contributed by atoms with Gasteiger partial charge in [0.1, 0.15) is 0 Å². The summed E-state index contributed by atoms with van der Waals surface area (Å²) in [4.78, 5) is 21.9. The molecule has 0 saturated heterocycles. The van der Waals surface area contributed by atoms with E-state index in [0.717, 1.165) is 46.3 Å². The van der Waals surface area contributed by atoms with Crippen LogP contribution in [0.5, 0.6) is 0 Å². The highest BCUT2D eigenvalue weighted by molar-refractivity contribution is 7.99. The fourth-order valence-corrected chi connectivity index (χ4v) is 3.81. The van der Waals surface area contributed by atoms with Crippen molar-refractivity contribution in [3.8, 4) is 0 Å². The largest absolute Gasteiger partial charge is 0.367 e. The van der Waals surface area contributed by atoms with Gasteiger partial charge < -0.3 is 15.6 Å². The summed E-state index contributed by atoms with van der Waals surface area (Å²) in [6.07, 6.45) is 5.32. The number of pyridine rings is 1. The number of nitrogens with zero attached hydrogens (tertiary/aromatic N) is 3. The number of nitrogens with one attached hydrogen (secondary N) is 3. The summed E-state index contributed by atoms with van der Waals surface area (Å²) >= 11 is 3.41. The number of rotatable bonds is 13. The summed E-state index contributed by atoms with van der Waals surface area (Å²) in [5.74, 6) is 3.00. The molecule has 0 aliphatic carbocycles. The Morgan fingerprint density at radius 3 is 2.85 bits per heavy atom. The molecule has 0 aliphatic rings. The molecule has 27 heavy (non-hydrogen) atoms. The Balaban J connectivity index is 1.61. The third kappa shape index (κ3) is 8.83. The van der Waals surface area contributed by atoms with Crippen LogP contribution in [0, 0.1) is 17.0 Å². The highest BCUT2D eigenvalue weighted by atomic mass is 32.2. The maximum atomic E-state index is 10.8. The van der Waals surface area contributed by atoms with Crippen LogP contribution >= 0.6 is 23.5 Å². The molecular weight excluding hydrogens is 384 g/mol. The summed E-state index contributed by atoms with van der Waals surface area (Å²) in [6.45, 7) is 3.30. The van der Waals surface area contributed by atoms with Crippen molar-refractivity contribution in [3.05, 3.63) is 64.2 Å². The first-order valence-corrected chi connectivity index (χ1v) is 10.7. The van der Waals surface area contributed by atoms with Gasteiger partial charge in [-0.15, -0.1) is 11.8 Å². The molecule has 0 radical (unpaired) electrons. The molecule has 0 amide bonds. The van der Waals surface area contributed by atoms with E-state index in [-0.39, 0.29) is 0 Å². The fourth-order valence-electron chi connectivity index (χ4n) is 2.12. The summed E-state index contributed by atoms with van der Waals surface area (Å²) in [7, 11) is 0. The second-order valence-corrected chi connectivity index (χ2v) is 7.80. The monoisotopic (exact) mass is 408 g/mol. The maximum absolute atomic E-state index is 10.8. The van der Waals surface area contributed by atoms with E-state index in [9.17, 15) is 10.1 Å². The first-order valence-electron chi connectivity index (χ1n) is 8.58. The fraction of sp³-hybridized carbons (Fsp3) is 0.412. The molecule has 0 spiro atoms. The Bertz CT molecular complexity index is 723. The van der Waals surface area contributed by atoms with Crippen molar-refractivity contribution in [1.29, 1.82) is 0 Å². The number of aromatic nitrogens is 3. The summed E-state index contributed by atoms with van der Waals surface area (Å²) in [5, 5.41) is 18.0. The standard InChI is InChI=1S/C17H24N6O2S2/c1-14-15(22-13-21-14)12-26-10-8-19-16(11-23(24)25)18-7-4-9-27-17-5-2-3-6-20-17/h2-3,5-6,11,13,18-19H,4,7-10,12H2,1H3,(H,21,22)/b16-11-. The summed E-state index contributed by atoms with van der Waals surface area (Å²) < 4.78 is 0. The number of aromatic amines is 1. The van der Waals surface area contributed by atoms with Crippen LogP contribution in [0.1, 0.15) is 17.8 Å². The Kier molecular flexibility index (Phi) is 9.56. The average molecular weight is 409 g/mol. The third-order valence-electron chi connectivity index (χ3n) is 3.49. The van der Waals surface area contributed by atoms with Crippen molar-refractivity contribution < 1.29 is 4.92 Å². The molecule has 3 N–H and O–H groups in total. The summed E-state index contributed by atoms with van der Waals surface area (Å²) in [6, 6.07) is 5.82. The number of aryl methyl sites for hydroxylation is 1. The molecule has 146 valence electrons. The van der Waals surface area contributed by atoms with Crippen molar-refractivity contribution in [2.45, 2.75) is 24.1 Å². The SMILES string of the molecule is Cc1[nH]cnc1CSCCN/C(=C\[N+](=O)[O-])NCCCSc1ccccn1. The minimum absolute atomic E-state index is 0.444. The lowest BCUT2D eigenvalue weighted by molar-refractivity contribution is -0.404. The Morgan fingerprint density at radius 1 is 1.30 bits per heavy atom. The van der Waals surface area contributed by atoms with Crippen LogP contribution in [0.25, 0.3) is 0 Å². The smallest absolute Gasteiger partial charge is 0.274 e. The van der Waals surface area contributed by atoms with Crippen molar-refractivity contribution in [2.24, 2.45) is 0 Å². The van der Waals surface area contributed by atoms with Gasteiger partial charge in [0.15, 0.2) is 5.82 Å². The highest BCUT2D eigenvalue weighted by Crippen LogP contribution is 2.14. The second-order valence-electron chi connectivity index (χ2n) is 5.58. The second kappa shape index (κ2) is 12.2. The van der Waals surface area contributed by atoms with E-state index in [1.54, 1.807) is 36.0 Å². The quantitative estimate of drug-likeness (QED) is 0.201. The Labute approximate surface area is 167 Å². The van der Waals surface area contributed by atoms with Crippen molar-refractivity contribution in [3.63, 3.8) is 0 Å². The molecule has 2 heterocycles. The topological polar surface area (TPSA) is 109 Å². The van der Waals surface area contributed by atoms with Crippen LogP contribution in [0.4, 0.5) is 0 Å². The number of nitro groups is 1. The van der Waals surface area contributed by atoms with E-state index in [1.807, 2.05) is 25.1 Å². The third-order valence-corrected chi connectivity index (χ3v) is 5.49. The van der Waals surface area contributed by atoms with Crippen molar-refractivity contribution in [2.75, 3.05) is 24.6 Å². The normalized spacial score (nSPS) is 11.4. The predicted octanol–water partition coefficient (Wildman–Crippen LogP) is 2.78. The molecular formula is C17H24N6O2S2. The van der Waals surface area contributed by atoms with Gasteiger partial charge in [0.05, 0.1) is 22.0 Å². The molecule has 8 nitrogen and oxygen atoms in total. The maximum Gasteiger partial charge on any atom is 0.274 e. The zero-order valence-corrected chi connectivity index (χ0v) is 16.8. The van der Waals surface area contributed by atoms with E-state index in [0.29, 0.717) is 18.9 Å². The van der Waals surface area contributed by atoms with Gasteiger partial charge in [-0.25, -0.2) is 9.97 Å². The van der Waals surface area contributed by atoms with Gasteiger partial charge >= 0.3 is 0 Å². The van der Waals surface area contributed by atoms with Crippen LogP contribution in [-0.2, 0) is 5.75 Å². The Morgan fingerprint density at radius 2 is 2.15 bits per heavy atom. The molecule has 2 rings (SSSR count). The number of hydrogen-bond donors (Lipinski definition) is 3. The van der Waals surface area contributed by atoms with E-state index < -0.39 is 4.92 Å². The number of thioether (sulfide) groups is 2. The van der Waals surface area contributed by atoms with Crippen LogP contribution < -0.4 is 10.6 Å². The average Bonchev–Trinajstić information content (AvgIpc) is 3.06. The lowest BCUT2D eigenvalue weighted by atomic mass is 10.4. The number of imidazole rings is 1. The highest BCUT2D eigenvalue weighted by Gasteiger charge is 2.04. The first-order chi connectivity index (χ1) is 13.1. The van der Waals surface area contributed by atoms with Gasteiger partial charge in [0, 0.05) is 42.2 Å². The molecule has 0 aromatic carbocycles.